The van der Waals surface area contributed by atoms with Gasteiger partial charge in [0.2, 0.25) is 5.91 Å². The van der Waals surface area contributed by atoms with E-state index in [1.165, 1.54) is 0 Å². The van der Waals surface area contributed by atoms with Crippen molar-refractivity contribution in [2.45, 2.75) is 5.54 Å². The quantitative estimate of drug-likeness (QED) is 0.441. The molecule has 0 aliphatic rings. The van der Waals surface area contributed by atoms with E-state index < -0.39 is 11.4 Å². The zero-order chi connectivity index (χ0) is 21.6. The van der Waals surface area contributed by atoms with E-state index in [1.807, 2.05) is 36.4 Å². The Hall–Kier alpha value is -3.36. The van der Waals surface area contributed by atoms with Gasteiger partial charge in [-0.15, -0.1) is 0 Å². The van der Waals surface area contributed by atoms with E-state index in [9.17, 15) is 4.79 Å². The van der Waals surface area contributed by atoms with Crippen molar-refractivity contribution in [2.75, 3.05) is 34.5 Å². The number of primary amides is 1. The first-order valence-electron chi connectivity index (χ1n) is 9.43. The minimum atomic E-state index is -1.31. The van der Waals surface area contributed by atoms with Crippen LogP contribution in [-0.2, 0) is 15.1 Å². The third-order valence-corrected chi connectivity index (χ3v) is 5.01. The van der Waals surface area contributed by atoms with E-state index >= 15 is 0 Å². The molecular formula is C22H26N4O4. The molecule has 0 aliphatic heterocycles. The van der Waals surface area contributed by atoms with Crippen LogP contribution >= 0.6 is 0 Å². The van der Waals surface area contributed by atoms with Crippen LogP contribution in [0.25, 0.3) is 11.1 Å². The molecule has 30 heavy (non-hydrogen) atoms. The fourth-order valence-corrected chi connectivity index (χ4v) is 3.50. The third kappa shape index (κ3) is 4.00. The molecule has 2 aromatic carbocycles. The average molecular weight is 410 g/mol. The van der Waals surface area contributed by atoms with Gasteiger partial charge in [0.1, 0.15) is 17.0 Å². The Morgan fingerprint density at radius 2 is 1.93 bits per heavy atom. The highest BCUT2D eigenvalue weighted by atomic mass is 16.5. The van der Waals surface area contributed by atoms with Gasteiger partial charge in [-0.2, -0.15) is 5.10 Å². The molecule has 8 heteroatoms. The zero-order valence-electron chi connectivity index (χ0n) is 17.3. The molecule has 1 unspecified atom stereocenters. The standard InChI is InChI=1S/C22H26N4O4/c1-28-10-9-24-22(21(23)27,16-5-4-6-18(11-16)29-2)17-7-8-19(20(12-17)30-3)15-13-25-26-14-15/h4-8,11-14,24H,9-10H2,1-3H3,(H2,23,27)(H,25,26). The molecule has 0 bridgehead atoms. The maximum atomic E-state index is 13.0. The Morgan fingerprint density at radius 1 is 1.13 bits per heavy atom. The van der Waals surface area contributed by atoms with E-state index in [-0.39, 0.29) is 0 Å². The van der Waals surface area contributed by atoms with Crippen LogP contribution in [0, 0.1) is 0 Å². The molecule has 1 atom stereocenters. The van der Waals surface area contributed by atoms with Crippen LogP contribution in [0.15, 0.2) is 54.9 Å². The molecule has 0 aliphatic carbocycles. The first-order chi connectivity index (χ1) is 14.6. The summed E-state index contributed by atoms with van der Waals surface area (Å²) in [6.45, 7) is 0.811. The van der Waals surface area contributed by atoms with Crippen molar-refractivity contribution >= 4 is 5.91 Å². The lowest BCUT2D eigenvalue weighted by Crippen LogP contribution is -2.54. The highest BCUT2D eigenvalue weighted by molar-refractivity contribution is 5.91. The van der Waals surface area contributed by atoms with Crippen LogP contribution in [0.1, 0.15) is 11.1 Å². The number of benzene rings is 2. The van der Waals surface area contributed by atoms with Crippen LogP contribution in [0.4, 0.5) is 0 Å². The second-order valence-corrected chi connectivity index (χ2v) is 6.67. The van der Waals surface area contributed by atoms with Crippen molar-refractivity contribution in [1.82, 2.24) is 15.5 Å². The summed E-state index contributed by atoms with van der Waals surface area (Å²) < 4.78 is 16.2. The lowest BCUT2D eigenvalue weighted by molar-refractivity contribution is -0.123. The number of methoxy groups -OCH3 is 3. The average Bonchev–Trinajstić information content (AvgIpc) is 3.31. The van der Waals surface area contributed by atoms with E-state index in [0.717, 1.165) is 11.1 Å². The minimum absolute atomic E-state index is 0.405. The van der Waals surface area contributed by atoms with Gasteiger partial charge in [-0.3, -0.25) is 15.2 Å². The monoisotopic (exact) mass is 410 g/mol. The Kier molecular flexibility index (Phi) is 6.71. The van der Waals surface area contributed by atoms with Crippen LogP contribution in [0.3, 0.4) is 0 Å². The lowest BCUT2D eigenvalue weighted by atomic mass is 9.81. The normalized spacial score (nSPS) is 12.9. The van der Waals surface area contributed by atoms with Crippen LogP contribution in [0.5, 0.6) is 11.5 Å². The zero-order valence-corrected chi connectivity index (χ0v) is 17.3. The Labute approximate surface area is 175 Å². The Bertz CT molecular complexity index is 991. The van der Waals surface area contributed by atoms with Gasteiger partial charge in [0.25, 0.3) is 0 Å². The number of H-pyrrole nitrogens is 1. The van der Waals surface area contributed by atoms with E-state index in [0.29, 0.717) is 35.8 Å². The van der Waals surface area contributed by atoms with E-state index in [4.69, 9.17) is 19.9 Å². The van der Waals surface area contributed by atoms with Crippen LogP contribution < -0.4 is 20.5 Å². The van der Waals surface area contributed by atoms with Crippen LogP contribution in [-0.4, -0.2) is 50.6 Å². The topological polar surface area (TPSA) is 111 Å². The van der Waals surface area contributed by atoms with Crippen LogP contribution in [0.2, 0.25) is 0 Å². The molecule has 0 spiro atoms. The number of nitrogens with one attached hydrogen (secondary N) is 2. The second-order valence-electron chi connectivity index (χ2n) is 6.67. The van der Waals surface area contributed by atoms with Gasteiger partial charge in [0.05, 0.1) is 27.0 Å². The Morgan fingerprint density at radius 3 is 2.57 bits per heavy atom. The van der Waals surface area contributed by atoms with E-state index in [2.05, 4.69) is 15.5 Å². The van der Waals surface area contributed by atoms with Gasteiger partial charge in [-0.1, -0.05) is 24.3 Å². The van der Waals surface area contributed by atoms with Gasteiger partial charge in [-0.25, -0.2) is 0 Å². The summed E-state index contributed by atoms with van der Waals surface area (Å²) in [6.07, 6.45) is 3.48. The summed E-state index contributed by atoms with van der Waals surface area (Å²) in [5, 5.41) is 10.1. The number of amides is 1. The highest BCUT2D eigenvalue weighted by Crippen LogP contribution is 2.37. The second kappa shape index (κ2) is 9.43. The first-order valence-corrected chi connectivity index (χ1v) is 9.43. The SMILES string of the molecule is COCCNC(C(N)=O)(c1cccc(OC)c1)c1ccc(-c2cn[nH]c2)c(OC)c1. The number of nitrogens with two attached hydrogens (primary N) is 1. The third-order valence-electron chi connectivity index (χ3n) is 5.01. The van der Waals surface area contributed by atoms with Crippen molar-refractivity contribution in [3.05, 3.63) is 66.0 Å². The number of aromatic amines is 1. The molecule has 3 aromatic rings. The molecule has 1 aromatic heterocycles. The molecule has 158 valence electrons. The molecule has 0 fully saturated rings. The maximum Gasteiger partial charge on any atom is 0.247 e. The number of nitrogens with zero attached hydrogens (tertiary/aromatic N) is 1. The lowest BCUT2D eigenvalue weighted by Gasteiger charge is -2.33. The number of hydrogen-bond acceptors (Lipinski definition) is 6. The number of carbonyl (C=O) groups is 1. The number of aromatic nitrogens is 2. The molecule has 8 nitrogen and oxygen atoms in total. The summed E-state index contributed by atoms with van der Waals surface area (Å²) in [5.41, 5.74) is 7.70. The van der Waals surface area contributed by atoms with Crippen molar-refractivity contribution in [3.63, 3.8) is 0 Å². The summed E-state index contributed by atoms with van der Waals surface area (Å²) >= 11 is 0. The summed E-state index contributed by atoms with van der Waals surface area (Å²) in [5.74, 6) is 0.662. The summed E-state index contributed by atoms with van der Waals surface area (Å²) in [6, 6.07) is 12.8. The first kappa shape index (κ1) is 21.4. The Balaban J connectivity index is 2.19. The van der Waals surface area contributed by atoms with Crippen molar-refractivity contribution in [3.8, 4) is 22.6 Å². The van der Waals surface area contributed by atoms with E-state index in [1.54, 1.807) is 39.8 Å². The highest BCUT2D eigenvalue weighted by Gasteiger charge is 2.41. The van der Waals surface area contributed by atoms with Crippen molar-refractivity contribution < 1.29 is 19.0 Å². The number of carbonyl (C=O) groups excluding carboxylic acids is 1. The molecular weight excluding hydrogens is 384 g/mol. The predicted octanol–water partition coefficient (Wildman–Crippen LogP) is 2.06. The summed E-state index contributed by atoms with van der Waals surface area (Å²) in [7, 11) is 4.76. The maximum absolute atomic E-state index is 13.0. The fraction of sp³-hybridized carbons (Fsp3) is 0.273. The molecule has 1 amide bonds. The van der Waals surface area contributed by atoms with Gasteiger partial charge < -0.3 is 19.9 Å². The predicted molar refractivity (Wildman–Crippen MR) is 113 cm³/mol. The molecule has 0 saturated heterocycles. The van der Waals surface area contributed by atoms with Crippen molar-refractivity contribution in [2.24, 2.45) is 5.73 Å². The molecule has 0 radical (unpaired) electrons. The largest absolute Gasteiger partial charge is 0.497 e. The molecule has 4 N–H and O–H groups in total. The smallest absolute Gasteiger partial charge is 0.247 e. The molecule has 0 saturated carbocycles. The van der Waals surface area contributed by atoms with Gasteiger partial charge in [-0.05, 0) is 29.3 Å². The van der Waals surface area contributed by atoms with Gasteiger partial charge >= 0.3 is 0 Å². The molecule has 3 rings (SSSR count). The van der Waals surface area contributed by atoms with Gasteiger partial charge in [0.15, 0.2) is 0 Å². The van der Waals surface area contributed by atoms with Crippen molar-refractivity contribution in [1.29, 1.82) is 0 Å². The number of hydrogen-bond donors (Lipinski definition) is 3. The van der Waals surface area contributed by atoms with Gasteiger partial charge in [0, 0.05) is 31.0 Å². The number of ether oxygens (including phenoxy) is 3. The fourth-order valence-electron chi connectivity index (χ4n) is 3.50. The minimum Gasteiger partial charge on any atom is -0.497 e. The molecule has 1 heterocycles. The summed E-state index contributed by atoms with van der Waals surface area (Å²) in [4.78, 5) is 13.0. The number of rotatable bonds is 10.